The Morgan fingerprint density at radius 3 is 2.46 bits per heavy atom. The molecular weight excluding hydrogens is 368 g/mol. The first kappa shape index (κ1) is 18.4. The van der Waals surface area contributed by atoms with E-state index in [1.807, 2.05) is 85.8 Å². The van der Waals surface area contributed by atoms with Gasteiger partial charge in [-0.2, -0.15) is 0 Å². The predicted molar refractivity (Wildman–Crippen MR) is 113 cm³/mol. The van der Waals surface area contributed by atoms with Crippen molar-refractivity contribution in [1.29, 1.82) is 0 Å². The SMILES string of the molecule is CCOc1cc(/C=C2\Sc3ccccc3C2=O)ccc1OCc1ccccc1. The van der Waals surface area contributed by atoms with Crippen LogP contribution in [0, 0.1) is 0 Å². The van der Waals surface area contributed by atoms with Gasteiger partial charge in [-0.25, -0.2) is 0 Å². The number of Topliss-reactive ketones (excluding diaryl/α,β-unsaturated/α-hetero) is 1. The minimum Gasteiger partial charge on any atom is -0.490 e. The highest BCUT2D eigenvalue weighted by molar-refractivity contribution is 8.04. The van der Waals surface area contributed by atoms with Crippen molar-refractivity contribution in [1.82, 2.24) is 0 Å². The Kier molecular flexibility index (Phi) is 5.49. The standard InChI is InChI=1S/C24H20O3S/c1-2-26-21-14-18(12-13-20(21)27-16-17-8-4-3-5-9-17)15-23-24(25)19-10-6-7-11-22(19)28-23/h3-15H,2,16H2,1H3/b23-15-. The highest BCUT2D eigenvalue weighted by atomic mass is 32.2. The fraction of sp³-hybridized carbons (Fsp3) is 0.125. The molecule has 0 fully saturated rings. The van der Waals surface area contributed by atoms with Crippen molar-refractivity contribution in [3.63, 3.8) is 0 Å². The summed E-state index contributed by atoms with van der Waals surface area (Å²) in [5, 5.41) is 0. The van der Waals surface area contributed by atoms with Crippen molar-refractivity contribution in [2.24, 2.45) is 0 Å². The first-order chi connectivity index (χ1) is 13.7. The summed E-state index contributed by atoms with van der Waals surface area (Å²) in [4.78, 5) is 14.3. The van der Waals surface area contributed by atoms with E-state index in [0.29, 0.717) is 24.7 Å². The van der Waals surface area contributed by atoms with E-state index in [0.717, 1.165) is 26.5 Å². The van der Waals surface area contributed by atoms with Gasteiger partial charge in [0.2, 0.25) is 5.78 Å². The summed E-state index contributed by atoms with van der Waals surface area (Å²) in [6, 6.07) is 23.5. The summed E-state index contributed by atoms with van der Waals surface area (Å²) in [5.41, 5.74) is 2.78. The number of rotatable bonds is 6. The lowest BCUT2D eigenvalue weighted by molar-refractivity contribution is 0.104. The molecule has 0 amide bonds. The Morgan fingerprint density at radius 1 is 0.893 bits per heavy atom. The van der Waals surface area contributed by atoms with Crippen molar-refractivity contribution in [2.45, 2.75) is 18.4 Å². The molecule has 1 heterocycles. The molecule has 0 unspecified atom stereocenters. The van der Waals surface area contributed by atoms with Gasteiger partial charge in [-0.15, -0.1) is 0 Å². The van der Waals surface area contributed by atoms with Gasteiger partial charge in [0.15, 0.2) is 11.5 Å². The summed E-state index contributed by atoms with van der Waals surface area (Å²) < 4.78 is 11.7. The molecular formula is C24H20O3S. The molecule has 0 saturated carbocycles. The number of thioether (sulfide) groups is 1. The number of ether oxygens (including phenoxy) is 2. The van der Waals surface area contributed by atoms with Crippen LogP contribution in [-0.4, -0.2) is 12.4 Å². The van der Waals surface area contributed by atoms with Crippen molar-refractivity contribution < 1.29 is 14.3 Å². The third kappa shape index (κ3) is 3.97. The van der Waals surface area contributed by atoms with Gasteiger partial charge in [0.1, 0.15) is 6.61 Å². The van der Waals surface area contributed by atoms with E-state index < -0.39 is 0 Å². The summed E-state index contributed by atoms with van der Waals surface area (Å²) >= 11 is 1.51. The predicted octanol–water partition coefficient (Wildman–Crippen LogP) is 5.99. The molecule has 28 heavy (non-hydrogen) atoms. The molecule has 4 rings (SSSR count). The molecule has 1 aliphatic rings. The maximum atomic E-state index is 12.6. The monoisotopic (exact) mass is 388 g/mol. The largest absolute Gasteiger partial charge is 0.490 e. The fourth-order valence-electron chi connectivity index (χ4n) is 3.02. The molecule has 0 bridgehead atoms. The van der Waals surface area contributed by atoms with Crippen molar-refractivity contribution in [3.8, 4) is 11.5 Å². The molecule has 140 valence electrons. The number of benzene rings is 3. The minimum absolute atomic E-state index is 0.0722. The van der Waals surface area contributed by atoms with E-state index in [4.69, 9.17) is 9.47 Å². The van der Waals surface area contributed by atoms with E-state index in [2.05, 4.69) is 0 Å². The van der Waals surface area contributed by atoms with E-state index in [1.165, 1.54) is 11.8 Å². The highest BCUT2D eigenvalue weighted by Crippen LogP contribution is 2.41. The smallest absolute Gasteiger partial charge is 0.200 e. The Labute approximate surface area is 169 Å². The third-order valence-corrected chi connectivity index (χ3v) is 5.48. The maximum Gasteiger partial charge on any atom is 0.200 e. The molecule has 0 N–H and O–H groups in total. The number of fused-ring (bicyclic) bond motifs is 1. The zero-order chi connectivity index (χ0) is 19.3. The van der Waals surface area contributed by atoms with Gasteiger partial charge in [-0.1, -0.05) is 60.3 Å². The number of ketones is 1. The molecule has 3 aromatic carbocycles. The van der Waals surface area contributed by atoms with Crippen LogP contribution in [0.1, 0.15) is 28.4 Å². The highest BCUT2D eigenvalue weighted by Gasteiger charge is 2.25. The van der Waals surface area contributed by atoms with Gasteiger partial charge < -0.3 is 9.47 Å². The van der Waals surface area contributed by atoms with Crippen molar-refractivity contribution >= 4 is 23.6 Å². The van der Waals surface area contributed by atoms with Crippen LogP contribution in [0.5, 0.6) is 11.5 Å². The Balaban J connectivity index is 1.56. The Hall–Kier alpha value is -2.98. The zero-order valence-electron chi connectivity index (χ0n) is 15.6. The second kappa shape index (κ2) is 8.36. The molecule has 0 saturated heterocycles. The zero-order valence-corrected chi connectivity index (χ0v) is 16.4. The summed E-state index contributed by atoms with van der Waals surface area (Å²) in [6.45, 7) is 2.96. The van der Waals surface area contributed by atoms with E-state index >= 15 is 0 Å². The lowest BCUT2D eigenvalue weighted by atomic mass is 10.1. The van der Waals surface area contributed by atoms with E-state index in [9.17, 15) is 4.79 Å². The summed E-state index contributed by atoms with van der Waals surface area (Å²) in [6.07, 6.45) is 1.91. The average molecular weight is 388 g/mol. The van der Waals surface area contributed by atoms with Gasteiger partial charge in [0.05, 0.1) is 11.5 Å². The number of carbonyl (C=O) groups excluding carboxylic acids is 1. The number of allylic oxidation sites excluding steroid dienone is 1. The molecule has 4 heteroatoms. The maximum absolute atomic E-state index is 12.6. The van der Waals surface area contributed by atoms with Gasteiger partial charge in [-0.05, 0) is 48.4 Å². The van der Waals surface area contributed by atoms with E-state index in [1.54, 1.807) is 0 Å². The minimum atomic E-state index is 0.0722. The lowest BCUT2D eigenvalue weighted by Crippen LogP contribution is -2.00. The van der Waals surface area contributed by atoms with Crippen LogP contribution in [-0.2, 0) is 6.61 Å². The van der Waals surface area contributed by atoms with Gasteiger partial charge in [-0.3, -0.25) is 4.79 Å². The summed E-state index contributed by atoms with van der Waals surface area (Å²) in [5.74, 6) is 1.45. The van der Waals surface area contributed by atoms with Crippen LogP contribution in [0.25, 0.3) is 6.08 Å². The van der Waals surface area contributed by atoms with Crippen LogP contribution >= 0.6 is 11.8 Å². The second-order valence-corrected chi connectivity index (χ2v) is 7.43. The van der Waals surface area contributed by atoms with Gasteiger partial charge >= 0.3 is 0 Å². The van der Waals surface area contributed by atoms with Gasteiger partial charge in [0, 0.05) is 10.5 Å². The summed E-state index contributed by atoms with van der Waals surface area (Å²) in [7, 11) is 0. The van der Waals surface area contributed by atoms with Crippen LogP contribution in [0.3, 0.4) is 0 Å². The molecule has 3 nitrogen and oxygen atoms in total. The van der Waals surface area contributed by atoms with Crippen molar-refractivity contribution in [3.05, 3.63) is 94.4 Å². The Bertz CT molecular complexity index is 1030. The Morgan fingerprint density at radius 2 is 1.68 bits per heavy atom. The topological polar surface area (TPSA) is 35.5 Å². The number of hydrogen-bond acceptors (Lipinski definition) is 4. The van der Waals surface area contributed by atoms with Crippen LogP contribution in [0.2, 0.25) is 0 Å². The molecule has 0 atom stereocenters. The molecule has 0 aliphatic carbocycles. The average Bonchev–Trinajstić information content (AvgIpc) is 3.04. The molecule has 0 spiro atoms. The number of carbonyl (C=O) groups is 1. The van der Waals surface area contributed by atoms with Crippen LogP contribution < -0.4 is 9.47 Å². The van der Waals surface area contributed by atoms with E-state index in [-0.39, 0.29) is 5.78 Å². The first-order valence-corrected chi connectivity index (χ1v) is 10.0. The quantitative estimate of drug-likeness (QED) is 0.486. The second-order valence-electron chi connectivity index (χ2n) is 6.35. The molecule has 0 aromatic heterocycles. The fourth-order valence-corrected chi connectivity index (χ4v) is 4.08. The molecule has 0 radical (unpaired) electrons. The van der Waals surface area contributed by atoms with Crippen LogP contribution in [0.4, 0.5) is 0 Å². The first-order valence-electron chi connectivity index (χ1n) is 9.21. The normalized spacial score (nSPS) is 14.2. The number of hydrogen-bond donors (Lipinski definition) is 0. The molecule has 3 aromatic rings. The molecule has 1 aliphatic heterocycles. The van der Waals surface area contributed by atoms with Crippen LogP contribution in [0.15, 0.2) is 82.6 Å². The van der Waals surface area contributed by atoms with Crippen molar-refractivity contribution in [2.75, 3.05) is 6.61 Å². The lowest BCUT2D eigenvalue weighted by Gasteiger charge is -2.13. The third-order valence-electron chi connectivity index (χ3n) is 4.38. The van der Waals surface area contributed by atoms with Gasteiger partial charge in [0.25, 0.3) is 0 Å².